The molecule has 0 bridgehead atoms. The van der Waals surface area contributed by atoms with Crippen molar-refractivity contribution in [3.8, 4) is 0 Å². The Hall–Kier alpha value is -2.49. The quantitative estimate of drug-likeness (QED) is 0.185. The van der Waals surface area contributed by atoms with Crippen molar-refractivity contribution in [2.75, 3.05) is 23.3 Å². The molecule has 2 fully saturated rings. The van der Waals surface area contributed by atoms with Crippen LogP contribution < -0.4 is 15.5 Å². The van der Waals surface area contributed by atoms with Gasteiger partial charge in [0.15, 0.2) is 10.3 Å². The lowest BCUT2D eigenvalue weighted by Crippen LogP contribution is -2.43. The standard InChI is InChI=1S/C28H34ClN7S2/c1-20-8-3-6-17-36(20)23-18-24(38-27-30-15-7-16-31-27)34-25(33-23)35-26(37)32-19-28(13-4-2-5-14-28)21-9-11-22(29)12-10-21/h7,9-12,15-16,18,20H,2-6,8,13-14,17,19H2,1H3,(H2,32,33,34,35,37)/t20-/m1/s1. The van der Waals surface area contributed by atoms with Gasteiger partial charge in [-0.25, -0.2) is 15.0 Å². The molecule has 1 saturated carbocycles. The van der Waals surface area contributed by atoms with Crippen molar-refractivity contribution in [2.24, 2.45) is 0 Å². The second-order valence-corrected chi connectivity index (χ2v) is 12.0. The summed E-state index contributed by atoms with van der Waals surface area (Å²) in [5.74, 6) is 1.39. The highest BCUT2D eigenvalue weighted by Crippen LogP contribution is 2.39. The van der Waals surface area contributed by atoms with Gasteiger partial charge >= 0.3 is 0 Å². The summed E-state index contributed by atoms with van der Waals surface area (Å²) in [7, 11) is 0. The van der Waals surface area contributed by atoms with E-state index < -0.39 is 0 Å². The summed E-state index contributed by atoms with van der Waals surface area (Å²) in [4.78, 5) is 20.7. The molecule has 1 aliphatic heterocycles. The molecule has 200 valence electrons. The van der Waals surface area contributed by atoms with E-state index in [-0.39, 0.29) is 5.41 Å². The van der Waals surface area contributed by atoms with Crippen LogP contribution >= 0.6 is 35.6 Å². The number of thiocarbonyl (C=S) groups is 1. The Morgan fingerprint density at radius 1 is 1.08 bits per heavy atom. The van der Waals surface area contributed by atoms with E-state index in [0.29, 0.717) is 22.3 Å². The lowest BCUT2D eigenvalue weighted by molar-refractivity contribution is 0.292. The van der Waals surface area contributed by atoms with Gasteiger partial charge in [-0.2, -0.15) is 4.98 Å². The first-order valence-electron chi connectivity index (χ1n) is 13.4. The fraction of sp³-hybridized carbons (Fsp3) is 0.464. The Kier molecular flexibility index (Phi) is 8.97. The zero-order valence-corrected chi connectivity index (χ0v) is 24.1. The molecule has 38 heavy (non-hydrogen) atoms. The average molecular weight is 568 g/mol. The number of halogens is 1. The number of nitrogens with zero attached hydrogens (tertiary/aromatic N) is 5. The fourth-order valence-electron chi connectivity index (χ4n) is 5.53. The number of aromatic nitrogens is 4. The molecule has 2 aromatic heterocycles. The second-order valence-electron chi connectivity index (χ2n) is 10.2. The minimum absolute atomic E-state index is 0.0339. The monoisotopic (exact) mass is 567 g/mol. The molecule has 2 aliphatic rings. The fourth-order valence-corrected chi connectivity index (χ4v) is 6.53. The minimum atomic E-state index is 0.0339. The van der Waals surface area contributed by atoms with E-state index in [1.165, 1.54) is 43.0 Å². The maximum absolute atomic E-state index is 6.18. The van der Waals surface area contributed by atoms with E-state index in [4.69, 9.17) is 33.8 Å². The van der Waals surface area contributed by atoms with Crippen molar-refractivity contribution in [1.29, 1.82) is 0 Å². The Morgan fingerprint density at radius 2 is 1.84 bits per heavy atom. The average Bonchev–Trinajstić information content (AvgIpc) is 2.93. The van der Waals surface area contributed by atoms with E-state index in [9.17, 15) is 0 Å². The summed E-state index contributed by atoms with van der Waals surface area (Å²) < 4.78 is 0. The van der Waals surface area contributed by atoms with E-state index in [0.717, 1.165) is 54.6 Å². The first-order chi connectivity index (χ1) is 18.5. The Bertz CT molecular complexity index is 1220. The molecule has 1 aromatic carbocycles. The van der Waals surface area contributed by atoms with Crippen LogP contribution in [0.2, 0.25) is 5.02 Å². The highest BCUT2D eigenvalue weighted by molar-refractivity contribution is 7.99. The van der Waals surface area contributed by atoms with Crippen LogP contribution in [0, 0.1) is 0 Å². The summed E-state index contributed by atoms with van der Waals surface area (Å²) >= 11 is 13.4. The van der Waals surface area contributed by atoms with Gasteiger partial charge in [-0.3, -0.25) is 0 Å². The normalized spacial score (nSPS) is 19.1. The van der Waals surface area contributed by atoms with Gasteiger partial charge in [0, 0.05) is 48.0 Å². The van der Waals surface area contributed by atoms with Crippen molar-refractivity contribution in [2.45, 2.75) is 79.9 Å². The third-order valence-corrected chi connectivity index (χ3v) is 8.91. The summed E-state index contributed by atoms with van der Waals surface area (Å²) in [5.41, 5.74) is 1.35. The highest BCUT2D eigenvalue weighted by Gasteiger charge is 2.34. The van der Waals surface area contributed by atoms with Crippen molar-refractivity contribution >= 4 is 52.5 Å². The first kappa shape index (κ1) is 27.1. The van der Waals surface area contributed by atoms with Gasteiger partial charge in [-0.05, 0) is 86.8 Å². The number of hydrogen-bond acceptors (Lipinski definition) is 7. The van der Waals surface area contributed by atoms with Crippen molar-refractivity contribution in [1.82, 2.24) is 25.3 Å². The van der Waals surface area contributed by atoms with E-state index in [1.807, 2.05) is 24.3 Å². The van der Waals surface area contributed by atoms with Crippen LogP contribution in [0.1, 0.15) is 63.9 Å². The molecule has 5 rings (SSSR count). The molecular formula is C28H34ClN7S2. The van der Waals surface area contributed by atoms with Gasteiger partial charge in [-0.1, -0.05) is 43.0 Å². The van der Waals surface area contributed by atoms with Crippen LogP contribution in [-0.4, -0.2) is 44.2 Å². The molecule has 1 saturated heterocycles. The topological polar surface area (TPSA) is 78.9 Å². The molecule has 7 nitrogen and oxygen atoms in total. The molecule has 10 heteroatoms. The molecule has 0 radical (unpaired) electrons. The first-order valence-corrected chi connectivity index (χ1v) is 15.0. The molecule has 1 atom stereocenters. The predicted octanol–water partition coefficient (Wildman–Crippen LogP) is 6.64. The molecule has 0 amide bonds. The summed E-state index contributed by atoms with van der Waals surface area (Å²) in [6.07, 6.45) is 13.0. The number of benzene rings is 1. The SMILES string of the molecule is C[C@@H]1CCCCN1c1cc(Sc2ncccn2)nc(NC(=S)NCC2(c3ccc(Cl)cc3)CCCCC2)n1. The van der Waals surface area contributed by atoms with Gasteiger partial charge in [0.1, 0.15) is 10.8 Å². The molecule has 3 heterocycles. The van der Waals surface area contributed by atoms with E-state index >= 15 is 0 Å². The number of piperidine rings is 1. The van der Waals surface area contributed by atoms with Gasteiger partial charge in [0.05, 0.1) is 0 Å². The van der Waals surface area contributed by atoms with Crippen molar-refractivity contribution in [3.05, 3.63) is 59.4 Å². The number of anilines is 2. The Morgan fingerprint density at radius 3 is 2.58 bits per heavy atom. The van der Waals surface area contributed by atoms with Crippen molar-refractivity contribution < 1.29 is 0 Å². The zero-order chi connectivity index (χ0) is 26.4. The molecule has 3 aromatic rings. The largest absolute Gasteiger partial charge is 0.361 e. The molecular weight excluding hydrogens is 534 g/mol. The summed E-state index contributed by atoms with van der Waals surface area (Å²) in [6.45, 7) is 3.99. The third-order valence-electron chi connectivity index (χ3n) is 7.60. The van der Waals surface area contributed by atoms with E-state index in [1.54, 1.807) is 12.4 Å². The minimum Gasteiger partial charge on any atom is -0.361 e. The lowest BCUT2D eigenvalue weighted by Gasteiger charge is -2.38. The van der Waals surface area contributed by atoms with Crippen LogP contribution in [-0.2, 0) is 5.41 Å². The Labute approximate surface area is 239 Å². The van der Waals surface area contributed by atoms with Crippen LogP contribution in [0.25, 0.3) is 0 Å². The van der Waals surface area contributed by atoms with Crippen LogP contribution in [0.5, 0.6) is 0 Å². The maximum atomic E-state index is 6.18. The van der Waals surface area contributed by atoms with Crippen molar-refractivity contribution in [3.63, 3.8) is 0 Å². The number of nitrogens with one attached hydrogen (secondary N) is 2. The smallest absolute Gasteiger partial charge is 0.232 e. The van der Waals surface area contributed by atoms with Gasteiger partial charge in [-0.15, -0.1) is 0 Å². The molecule has 1 aliphatic carbocycles. The van der Waals surface area contributed by atoms with Gasteiger partial charge in [0.25, 0.3) is 0 Å². The van der Waals surface area contributed by atoms with E-state index in [2.05, 4.69) is 44.6 Å². The number of hydrogen-bond donors (Lipinski definition) is 2. The third kappa shape index (κ3) is 6.74. The molecule has 2 N–H and O–H groups in total. The summed E-state index contributed by atoms with van der Waals surface area (Å²) in [6, 6.07) is 12.6. The summed E-state index contributed by atoms with van der Waals surface area (Å²) in [5, 5.41) is 9.50. The Balaban J connectivity index is 1.33. The highest BCUT2D eigenvalue weighted by atomic mass is 35.5. The van der Waals surface area contributed by atoms with Crippen LogP contribution in [0.15, 0.2) is 59.0 Å². The molecule has 0 spiro atoms. The number of rotatable bonds is 7. The van der Waals surface area contributed by atoms with Gasteiger partial charge in [0.2, 0.25) is 5.95 Å². The second kappa shape index (κ2) is 12.6. The molecule has 0 unspecified atom stereocenters. The van der Waals surface area contributed by atoms with Crippen LogP contribution in [0.4, 0.5) is 11.8 Å². The van der Waals surface area contributed by atoms with Crippen LogP contribution in [0.3, 0.4) is 0 Å². The zero-order valence-electron chi connectivity index (χ0n) is 21.7. The van der Waals surface area contributed by atoms with Gasteiger partial charge < -0.3 is 15.5 Å². The maximum Gasteiger partial charge on any atom is 0.232 e. The lowest BCUT2D eigenvalue weighted by atomic mass is 9.69. The predicted molar refractivity (Wildman–Crippen MR) is 159 cm³/mol.